The average Bonchev–Trinajstić information content (AvgIpc) is 3.35. The van der Waals surface area contributed by atoms with Crippen LogP contribution in [-0.2, 0) is 6.54 Å². The lowest BCUT2D eigenvalue weighted by Crippen LogP contribution is -2.30. The number of hydrogen-bond donors (Lipinski definition) is 1. The zero-order valence-corrected chi connectivity index (χ0v) is 17.9. The van der Waals surface area contributed by atoms with E-state index in [1.54, 1.807) is 12.4 Å². The second-order valence-electron chi connectivity index (χ2n) is 7.56. The molecule has 0 aromatic carbocycles. The summed E-state index contributed by atoms with van der Waals surface area (Å²) >= 11 is 5.81. The van der Waals surface area contributed by atoms with Crippen molar-refractivity contribution in [3.05, 3.63) is 108 Å². The van der Waals surface area contributed by atoms with Gasteiger partial charge in [0.25, 0.3) is 0 Å². The minimum Gasteiger partial charge on any atom is -0.352 e. The normalized spacial score (nSPS) is 18.2. The second-order valence-corrected chi connectivity index (χ2v) is 7.95. The maximum absolute atomic E-state index is 5.81. The van der Waals surface area contributed by atoms with Crippen LogP contribution >= 0.6 is 12.2 Å². The average molecular weight is 427 g/mol. The summed E-state index contributed by atoms with van der Waals surface area (Å²) in [6.07, 6.45) is 9.18. The van der Waals surface area contributed by atoms with Gasteiger partial charge < -0.3 is 14.8 Å². The summed E-state index contributed by atoms with van der Waals surface area (Å²) < 4.78 is 2.25. The van der Waals surface area contributed by atoms with Crippen LogP contribution in [-0.4, -0.2) is 29.5 Å². The van der Waals surface area contributed by atoms with Crippen molar-refractivity contribution < 1.29 is 0 Å². The molecule has 0 radical (unpaired) electrons. The Hall–Kier alpha value is -3.58. The summed E-state index contributed by atoms with van der Waals surface area (Å²) in [4.78, 5) is 15.5. The first-order chi connectivity index (χ1) is 15.2. The summed E-state index contributed by atoms with van der Waals surface area (Å²) in [6, 6.07) is 18.3. The van der Waals surface area contributed by atoms with Crippen LogP contribution < -0.4 is 5.32 Å². The third-order valence-electron chi connectivity index (χ3n) is 5.59. The number of aromatic nitrogens is 4. The van der Waals surface area contributed by atoms with Gasteiger partial charge in [0, 0.05) is 42.7 Å². The van der Waals surface area contributed by atoms with Gasteiger partial charge in [0.1, 0.15) is 0 Å². The van der Waals surface area contributed by atoms with E-state index in [4.69, 9.17) is 12.2 Å². The van der Waals surface area contributed by atoms with Crippen LogP contribution in [0.15, 0.2) is 85.6 Å². The number of rotatable bonds is 5. The molecule has 4 aromatic rings. The maximum atomic E-state index is 5.81. The smallest absolute Gasteiger partial charge is 0.170 e. The van der Waals surface area contributed by atoms with Gasteiger partial charge in [0.2, 0.25) is 0 Å². The van der Waals surface area contributed by atoms with Gasteiger partial charge in [-0.05, 0) is 67.2 Å². The van der Waals surface area contributed by atoms with Gasteiger partial charge in [-0.1, -0.05) is 12.1 Å². The van der Waals surface area contributed by atoms with Crippen molar-refractivity contribution in [1.82, 2.24) is 29.7 Å². The van der Waals surface area contributed by atoms with Gasteiger partial charge in [-0.3, -0.25) is 15.0 Å². The molecule has 2 atom stereocenters. The fourth-order valence-corrected chi connectivity index (χ4v) is 4.52. The highest BCUT2D eigenvalue weighted by Gasteiger charge is 2.41. The Bertz CT molecular complexity index is 1180. The highest BCUT2D eigenvalue weighted by molar-refractivity contribution is 7.80. The van der Waals surface area contributed by atoms with Crippen molar-refractivity contribution >= 4 is 17.3 Å². The molecule has 1 aliphatic rings. The number of nitrogens with zero attached hydrogens (tertiary/aromatic N) is 5. The number of hydrogen-bond acceptors (Lipinski definition) is 4. The molecule has 7 heteroatoms. The fraction of sp³-hybridized carbons (Fsp3) is 0.167. The van der Waals surface area contributed by atoms with Crippen LogP contribution in [0.2, 0.25) is 0 Å². The topological polar surface area (TPSA) is 58.9 Å². The number of thiocarbonyl (C=S) groups is 1. The molecule has 4 aromatic heterocycles. The zero-order chi connectivity index (χ0) is 21.2. The molecule has 1 saturated heterocycles. The van der Waals surface area contributed by atoms with Crippen molar-refractivity contribution in [2.24, 2.45) is 0 Å². The lowest BCUT2D eigenvalue weighted by Gasteiger charge is -2.29. The lowest BCUT2D eigenvalue weighted by atomic mass is 10.0. The summed E-state index contributed by atoms with van der Waals surface area (Å²) in [7, 11) is 0. The molecule has 1 aliphatic heterocycles. The van der Waals surface area contributed by atoms with Gasteiger partial charge in [-0.15, -0.1) is 0 Å². The zero-order valence-electron chi connectivity index (χ0n) is 17.1. The molecule has 1 fully saturated rings. The van der Waals surface area contributed by atoms with Gasteiger partial charge >= 0.3 is 0 Å². The van der Waals surface area contributed by atoms with Crippen molar-refractivity contribution in [2.45, 2.75) is 25.6 Å². The van der Waals surface area contributed by atoms with E-state index >= 15 is 0 Å². The molecule has 0 amide bonds. The Kier molecular flexibility index (Phi) is 5.18. The van der Waals surface area contributed by atoms with E-state index in [1.165, 1.54) is 0 Å². The minimum absolute atomic E-state index is 0.0449. The number of pyridine rings is 3. The quantitative estimate of drug-likeness (QED) is 0.484. The van der Waals surface area contributed by atoms with Crippen LogP contribution in [0.3, 0.4) is 0 Å². The molecule has 0 unspecified atom stereocenters. The minimum atomic E-state index is -0.0740. The molecular formula is C24H22N6S. The first-order valence-corrected chi connectivity index (χ1v) is 10.6. The van der Waals surface area contributed by atoms with E-state index in [0.717, 1.165) is 28.3 Å². The third-order valence-corrected chi connectivity index (χ3v) is 5.94. The molecule has 0 spiro atoms. The Morgan fingerprint density at radius 1 is 0.935 bits per heavy atom. The SMILES string of the molecule is Cc1ccc([C@@H]2[C@H](c3ccccn3)NC(=S)N2Cc2cccnc2)n1-c1cccnc1. The van der Waals surface area contributed by atoms with Gasteiger partial charge in [0.15, 0.2) is 5.11 Å². The molecule has 154 valence electrons. The van der Waals surface area contributed by atoms with Crippen LogP contribution in [0.4, 0.5) is 0 Å². The summed E-state index contributed by atoms with van der Waals surface area (Å²) in [5, 5.41) is 4.23. The van der Waals surface area contributed by atoms with Crippen LogP contribution in [0.25, 0.3) is 5.69 Å². The number of nitrogens with one attached hydrogen (secondary N) is 1. The Balaban J connectivity index is 1.63. The van der Waals surface area contributed by atoms with Crippen LogP contribution in [0.5, 0.6) is 0 Å². The Morgan fingerprint density at radius 3 is 2.48 bits per heavy atom. The van der Waals surface area contributed by atoms with Crippen LogP contribution in [0, 0.1) is 6.92 Å². The first-order valence-electron chi connectivity index (χ1n) is 10.2. The van der Waals surface area contributed by atoms with Gasteiger partial charge in [-0.25, -0.2) is 0 Å². The first kappa shape index (κ1) is 19.4. The molecule has 5 rings (SSSR count). The van der Waals surface area contributed by atoms with Gasteiger partial charge in [-0.2, -0.15) is 0 Å². The monoisotopic (exact) mass is 426 g/mol. The molecule has 6 nitrogen and oxygen atoms in total. The van der Waals surface area contributed by atoms with E-state index in [9.17, 15) is 0 Å². The largest absolute Gasteiger partial charge is 0.352 e. The van der Waals surface area contributed by atoms with Crippen molar-refractivity contribution in [1.29, 1.82) is 0 Å². The molecule has 1 N–H and O–H groups in total. The Labute approximate surface area is 186 Å². The summed E-state index contributed by atoms with van der Waals surface area (Å²) in [5.41, 5.74) is 5.37. The van der Waals surface area contributed by atoms with E-state index in [2.05, 4.69) is 60.9 Å². The molecule has 0 aliphatic carbocycles. The fourth-order valence-electron chi connectivity index (χ4n) is 4.21. The number of aryl methyl sites for hydroxylation is 1. The second kappa shape index (κ2) is 8.28. The van der Waals surface area contributed by atoms with E-state index in [0.29, 0.717) is 11.7 Å². The molecular weight excluding hydrogens is 404 g/mol. The standard InChI is InChI=1S/C24H22N6S/c1-17-9-10-21(30(17)19-7-5-12-26-15-19)23-22(20-8-2-3-13-27-20)28-24(31)29(23)16-18-6-4-11-25-14-18/h2-15,22-23H,16H2,1H3,(H,28,31)/t22-,23+/m0/s1. The summed E-state index contributed by atoms with van der Waals surface area (Å²) in [5.74, 6) is 0. The maximum Gasteiger partial charge on any atom is 0.170 e. The lowest BCUT2D eigenvalue weighted by molar-refractivity contribution is 0.301. The highest BCUT2D eigenvalue weighted by Crippen LogP contribution is 2.40. The highest BCUT2D eigenvalue weighted by atomic mass is 32.1. The predicted molar refractivity (Wildman–Crippen MR) is 124 cm³/mol. The van der Waals surface area contributed by atoms with Crippen molar-refractivity contribution in [3.63, 3.8) is 0 Å². The third kappa shape index (κ3) is 3.68. The van der Waals surface area contributed by atoms with Gasteiger partial charge in [0.05, 0.1) is 29.7 Å². The van der Waals surface area contributed by atoms with E-state index in [-0.39, 0.29) is 12.1 Å². The molecule has 0 bridgehead atoms. The van der Waals surface area contributed by atoms with Crippen molar-refractivity contribution in [2.75, 3.05) is 0 Å². The summed E-state index contributed by atoms with van der Waals surface area (Å²) in [6.45, 7) is 2.77. The Morgan fingerprint density at radius 2 is 1.77 bits per heavy atom. The molecule has 31 heavy (non-hydrogen) atoms. The van der Waals surface area contributed by atoms with Crippen LogP contribution in [0.1, 0.15) is 34.7 Å². The van der Waals surface area contributed by atoms with E-state index in [1.807, 2.05) is 48.9 Å². The molecule has 5 heterocycles. The molecule has 0 saturated carbocycles. The predicted octanol–water partition coefficient (Wildman–Crippen LogP) is 4.14. The van der Waals surface area contributed by atoms with Crippen molar-refractivity contribution in [3.8, 4) is 5.69 Å². The van der Waals surface area contributed by atoms with E-state index < -0.39 is 0 Å².